The first kappa shape index (κ1) is 13.1. The maximum Gasteiger partial charge on any atom is 0.110 e. The van der Waals surface area contributed by atoms with Crippen molar-refractivity contribution in [2.24, 2.45) is 22.7 Å². The Morgan fingerprint density at radius 1 is 1.00 bits per heavy atom. The van der Waals surface area contributed by atoms with Crippen molar-refractivity contribution in [1.82, 2.24) is 0 Å². The molecule has 0 aromatic carbocycles. The zero-order chi connectivity index (χ0) is 12.0. The molecule has 3 aliphatic carbocycles. The van der Waals surface area contributed by atoms with Gasteiger partial charge in [-0.1, -0.05) is 27.7 Å². The molecule has 3 saturated carbocycles. The van der Waals surface area contributed by atoms with Gasteiger partial charge < -0.3 is 3.07 Å². The third-order valence-corrected chi connectivity index (χ3v) is 6.51. The van der Waals surface area contributed by atoms with Gasteiger partial charge in [-0.3, -0.25) is 0 Å². The van der Waals surface area contributed by atoms with E-state index in [9.17, 15) is 0 Å². The van der Waals surface area contributed by atoms with Crippen LogP contribution < -0.4 is 0 Å². The Hall–Kier alpha value is 0.690. The predicted octanol–water partition coefficient (Wildman–Crippen LogP) is 4.98. The van der Waals surface area contributed by atoms with Crippen molar-refractivity contribution < 1.29 is 3.07 Å². The van der Waals surface area contributed by atoms with Crippen LogP contribution in [0.15, 0.2) is 0 Å². The molecule has 0 heterocycles. The smallest absolute Gasteiger partial charge is 0.110 e. The molecule has 0 aromatic rings. The number of hydrogen-bond donors (Lipinski definition) is 0. The van der Waals surface area contributed by atoms with Crippen molar-refractivity contribution >= 4 is 23.0 Å². The molecule has 1 atom stereocenters. The summed E-state index contributed by atoms with van der Waals surface area (Å²) >= 11 is 2.14. The summed E-state index contributed by atoms with van der Waals surface area (Å²) < 4.78 is 5.83. The van der Waals surface area contributed by atoms with Gasteiger partial charge in [-0.25, -0.2) is 0 Å². The van der Waals surface area contributed by atoms with Crippen LogP contribution in [-0.4, -0.2) is 6.10 Å². The van der Waals surface area contributed by atoms with E-state index in [1.54, 1.807) is 0 Å². The van der Waals surface area contributed by atoms with E-state index in [1.165, 1.54) is 32.1 Å². The summed E-state index contributed by atoms with van der Waals surface area (Å²) in [6.07, 6.45) is 7.43. The first-order valence-electron chi connectivity index (χ1n) is 6.74. The summed E-state index contributed by atoms with van der Waals surface area (Å²) in [6, 6.07) is 0. The summed E-state index contributed by atoms with van der Waals surface area (Å²) in [7, 11) is 0. The fraction of sp³-hybridized carbons (Fsp3) is 1.00. The molecule has 2 heteroatoms. The topological polar surface area (TPSA) is 9.23 Å². The van der Waals surface area contributed by atoms with Crippen molar-refractivity contribution in [3.05, 3.63) is 0 Å². The van der Waals surface area contributed by atoms with Gasteiger partial charge in [0, 0.05) is 0 Å². The number of hydrogen-bond acceptors (Lipinski definition) is 1. The minimum atomic E-state index is 0.484. The molecule has 0 N–H and O–H groups in total. The SMILES string of the molecule is CC(C)C12CCC(C(C)C)(CC1)C(OI)C2. The van der Waals surface area contributed by atoms with Crippen LogP contribution in [0.1, 0.15) is 59.8 Å². The van der Waals surface area contributed by atoms with E-state index in [-0.39, 0.29) is 0 Å². The van der Waals surface area contributed by atoms with E-state index >= 15 is 0 Å². The summed E-state index contributed by atoms with van der Waals surface area (Å²) in [5.74, 6) is 1.57. The predicted molar refractivity (Wildman–Crippen MR) is 76.5 cm³/mol. The summed E-state index contributed by atoms with van der Waals surface area (Å²) in [5.41, 5.74) is 1.07. The molecular weight excluding hydrogens is 311 g/mol. The van der Waals surface area contributed by atoms with Crippen molar-refractivity contribution in [2.75, 3.05) is 0 Å². The molecule has 2 bridgehead atoms. The average Bonchev–Trinajstić information content (AvgIpc) is 2.29. The highest BCUT2D eigenvalue weighted by Crippen LogP contribution is 2.63. The molecule has 0 radical (unpaired) electrons. The van der Waals surface area contributed by atoms with Crippen LogP contribution in [0.25, 0.3) is 0 Å². The summed E-state index contributed by atoms with van der Waals surface area (Å²) in [6.45, 7) is 9.57. The molecule has 1 nitrogen and oxygen atoms in total. The lowest BCUT2D eigenvalue weighted by Crippen LogP contribution is -2.55. The molecule has 1 unspecified atom stereocenters. The lowest BCUT2D eigenvalue weighted by molar-refractivity contribution is -0.130. The van der Waals surface area contributed by atoms with Gasteiger partial charge in [0.05, 0.1) is 6.10 Å². The van der Waals surface area contributed by atoms with Gasteiger partial charge >= 0.3 is 0 Å². The molecule has 0 amide bonds. The van der Waals surface area contributed by atoms with Crippen molar-refractivity contribution in [3.8, 4) is 0 Å². The van der Waals surface area contributed by atoms with E-state index in [4.69, 9.17) is 3.07 Å². The lowest BCUT2D eigenvalue weighted by Gasteiger charge is -2.60. The fourth-order valence-electron chi connectivity index (χ4n) is 4.19. The Morgan fingerprint density at radius 2 is 1.56 bits per heavy atom. The van der Waals surface area contributed by atoms with Gasteiger partial charge in [-0.2, -0.15) is 0 Å². The van der Waals surface area contributed by atoms with Crippen LogP contribution in [-0.2, 0) is 3.07 Å². The zero-order valence-electron chi connectivity index (χ0n) is 11.1. The number of fused-ring (bicyclic) bond motifs is 3. The highest BCUT2D eigenvalue weighted by atomic mass is 127. The van der Waals surface area contributed by atoms with E-state index in [2.05, 4.69) is 50.7 Å². The van der Waals surface area contributed by atoms with E-state index in [1.807, 2.05) is 0 Å². The van der Waals surface area contributed by atoms with Gasteiger partial charge in [0.15, 0.2) is 0 Å². The Morgan fingerprint density at radius 3 is 1.94 bits per heavy atom. The van der Waals surface area contributed by atoms with Gasteiger partial charge in [-0.15, -0.1) is 0 Å². The zero-order valence-corrected chi connectivity index (χ0v) is 13.2. The number of rotatable bonds is 3. The van der Waals surface area contributed by atoms with Gasteiger partial charge in [-0.05, 0) is 54.8 Å². The molecule has 3 aliphatic rings. The minimum absolute atomic E-state index is 0.484. The Kier molecular flexibility index (Phi) is 3.62. The Balaban J connectivity index is 2.25. The van der Waals surface area contributed by atoms with E-state index in [0.717, 1.165) is 11.8 Å². The first-order chi connectivity index (χ1) is 7.47. The molecule has 3 fully saturated rings. The third kappa shape index (κ3) is 1.75. The second-order valence-corrected chi connectivity index (χ2v) is 7.20. The monoisotopic (exact) mass is 336 g/mol. The largest absolute Gasteiger partial charge is 0.312 e. The van der Waals surface area contributed by atoms with Crippen LogP contribution in [0.3, 0.4) is 0 Å². The fourth-order valence-corrected chi connectivity index (χ4v) is 4.88. The van der Waals surface area contributed by atoms with Crippen LogP contribution >= 0.6 is 23.0 Å². The van der Waals surface area contributed by atoms with Crippen LogP contribution in [0, 0.1) is 22.7 Å². The quantitative estimate of drug-likeness (QED) is 0.660. The van der Waals surface area contributed by atoms with E-state index < -0.39 is 0 Å². The second-order valence-electron chi connectivity index (χ2n) is 6.69. The van der Waals surface area contributed by atoms with Crippen molar-refractivity contribution in [2.45, 2.75) is 65.9 Å². The van der Waals surface area contributed by atoms with Gasteiger partial charge in [0.2, 0.25) is 0 Å². The normalized spacial score (nSPS) is 43.3. The van der Waals surface area contributed by atoms with E-state index in [0.29, 0.717) is 16.9 Å². The molecule has 94 valence electrons. The Bertz CT molecular complexity index is 251. The van der Waals surface area contributed by atoms with Gasteiger partial charge in [0.1, 0.15) is 23.0 Å². The van der Waals surface area contributed by atoms with Crippen LogP contribution in [0.4, 0.5) is 0 Å². The number of halogens is 1. The van der Waals surface area contributed by atoms with Crippen LogP contribution in [0.5, 0.6) is 0 Å². The van der Waals surface area contributed by atoms with Crippen LogP contribution in [0.2, 0.25) is 0 Å². The highest BCUT2D eigenvalue weighted by molar-refractivity contribution is 14.1. The van der Waals surface area contributed by atoms with Crippen molar-refractivity contribution in [1.29, 1.82) is 0 Å². The lowest BCUT2D eigenvalue weighted by atomic mass is 9.47. The molecular formula is C14H25IO. The average molecular weight is 336 g/mol. The summed E-state index contributed by atoms with van der Waals surface area (Å²) in [4.78, 5) is 0. The molecule has 0 saturated heterocycles. The maximum absolute atomic E-state index is 5.83. The second kappa shape index (κ2) is 4.42. The molecule has 0 spiro atoms. The minimum Gasteiger partial charge on any atom is -0.312 e. The molecule has 0 aromatic heterocycles. The van der Waals surface area contributed by atoms with Gasteiger partial charge in [0.25, 0.3) is 0 Å². The first-order valence-corrected chi connectivity index (χ1v) is 7.62. The Labute approximate surface area is 114 Å². The third-order valence-electron chi connectivity index (χ3n) is 5.89. The maximum atomic E-state index is 5.83. The van der Waals surface area contributed by atoms with Crippen molar-refractivity contribution in [3.63, 3.8) is 0 Å². The molecule has 0 aliphatic heterocycles. The molecule has 3 rings (SSSR count). The highest BCUT2D eigenvalue weighted by Gasteiger charge is 2.56. The summed E-state index contributed by atoms with van der Waals surface area (Å²) in [5, 5.41) is 0. The standard InChI is InChI=1S/C14H25IO/c1-10(2)13-5-7-14(8-6-13,11(3)4)12(9-13)16-15/h10-12H,5-9H2,1-4H3. The molecule has 16 heavy (non-hydrogen) atoms.